The van der Waals surface area contributed by atoms with Gasteiger partial charge >= 0.3 is 0 Å². The van der Waals surface area contributed by atoms with E-state index in [0.717, 1.165) is 11.5 Å². The van der Waals surface area contributed by atoms with Crippen molar-refractivity contribution in [2.45, 2.75) is 31.7 Å². The maximum Gasteiger partial charge on any atom is 0.267 e. The highest BCUT2D eigenvalue weighted by Gasteiger charge is 2.29. The molecule has 2 aliphatic rings. The van der Waals surface area contributed by atoms with E-state index in [1.54, 1.807) is 30.0 Å². The Hall–Kier alpha value is -3.62. The van der Waals surface area contributed by atoms with Crippen molar-refractivity contribution in [1.82, 2.24) is 24.9 Å². The van der Waals surface area contributed by atoms with Crippen LogP contribution in [0.2, 0.25) is 0 Å². The van der Waals surface area contributed by atoms with Crippen LogP contribution in [0.15, 0.2) is 53.3 Å². The highest BCUT2D eigenvalue weighted by atomic mass is 19.1. The maximum atomic E-state index is 13.2. The fraction of sp³-hybridized carbons (Fsp3) is 0.375. The van der Waals surface area contributed by atoms with E-state index < -0.39 is 6.04 Å². The molecule has 0 bridgehead atoms. The summed E-state index contributed by atoms with van der Waals surface area (Å²) in [6.45, 7) is 4.03. The van der Waals surface area contributed by atoms with Gasteiger partial charge in [-0.2, -0.15) is 10.2 Å². The average molecular weight is 449 g/mol. The zero-order chi connectivity index (χ0) is 22.9. The van der Waals surface area contributed by atoms with Crippen molar-refractivity contribution in [2.75, 3.05) is 31.1 Å². The number of nitrogens with zero attached hydrogens (tertiary/aromatic N) is 6. The lowest BCUT2D eigenvalue weighted by Crippen LogP contribution is -2.51. The molecule has 8 nitrogen and oxygen atoms in total. The van der Waals surface area contributed by atoms with E-state index >= 15 is 0 Å². The summed E-state index contributed by atoms with van der Waals surface area (Å²) in [5.74, 6) is 0.890. The fourth-order valence-electron chi connectivity index (χ4n) is 4.10. The summed E-state index contributed by atoms with van der Waals surface area (Å²) in [5, 5.41) is 13.1. The van der Waals surface area contributed by atoms with Crippen LogP contribution in [-0.2, 0) is 4.79 Å². The van der Waals surface area contributed by atoms with Crippen LogP contribution in [0, 0.1) is 5.82 Å². The van der Waals surface area contributed by atoms with Crippen molar-refractivity contribution in [3.05, 3.63) is 70.4 Å². The molecule has 1 saturated heterocycles. The topological polar surface area (TPSA) is 84.2 Å². The summed E-state index contributed by atoms with van der Waals surface area (Å²) in [4.78, 5) is 29.5. The first-order valence-corrected chi connectivity index (χ1v) is 11.2. The van der Waals surface area contributed by atoms with E-state index in [1.165, 1.54) is 35.7 Å². The molecule has 3 heterocycles. The number of carbonyl (C=O) groups is 1. The summed E-state index contributed by atoms with van der Waals surface area (Å²) in [6, 6.07) is 12.1. The van der Waals surface area contributed by atoms with Gasteiger partial charge in [0.2, 0.25) is 5.91 Å². The SMILES string of the molecule is CC(C(=O)N1CCN(c2ccc(C3CC3)nn2)CC1)n1nc(-c2ccc(F)cc2)ccc1=O. The van der Waals surface area contributed by atoms with E-state index in [1.807, 2.05) is 12.1 Å². The molecular weight excluding hydrogens is 423 g/mol. The van der Waals surface area contributed by atoms with Crippen LogP contribution in [0.25, 0.3) is 11.3 Å². The fourth-order valence-corrected chi connectivity index (χ4v) is 4.10. The minimum Gasteiger partial charge on any atom is -0.352 e. The average Bonchev–Trinajstić information content (AvgIpc) is 3.70. The smallest absolute Gasteiger partial charge is 0.267 e. The number of carbonyl (C=O) groups excluding carboxylic acids is 1. The number of hydrogen-bond acceptors (Lipinski definition) is 6. The number of aromatic nitrogens is 4. The van der Waals surface area contributed by atoms with Gasteiger partial charge in [0.15, 0.2) is 5.82 Å². The summed E-state index contributed by atoms with van der Waals surface area (Å²) in [6.07, 6.45) is 2.38. The van der Waals surface area contributed by atoms with Crippen molar-refractivity contribution in [2.24, 2.45) is 0 Å². The lowest BCUT2D eigenvalue weighted by Gasteiger charge is -2.36. The number of halogens is 1. The van der Waals surface area contributed by atoms with E-state index in [-0.39, 0.29) is 17.3 Å². The first-order valence-electron chi connectivity index (χ1n) is 11.2. The third kappa shape index (κ3) is 4.48. The molecule has 1 saturated carbocycles. The van der Waals surface area contributed by atoms with Crippen LogP contribution < -0.4 is 10.5 Å². The van der Waals surface area contributed by atoms with Gasteiger partial charge in [0.1, 0.15) is 11.9 Å². The zero-order valence-electron chi connectivity index (χ0n) is 18.4. The van der Waals surface area contributed by atoms with Gasteiger partial charge in [0.05, 0.1) is 11.4 Å². The van der Waals surface area contributed by atoms with Crippen molar-refractivity contribution >= 4 is 11.7 Å². The van der Waals surface area contributed by atoms with E-state index in [0.29, 0.717) is 43.4 Å². The Kier molecular flexibility index (Phi) is 5.62. The number of amides is 1. The predicted octanol–water partition coefficient (Wildman–Crippen LogP) is 2.63. The lowest BCUT2D eigenvalue weighted by molar-refractivity contribution is -0.135. The molecule has 1 atom stereocenters. The molecule has 1 amide bonds. The predicted molar refractivity (Wildman–Crippen MR) is 121 cm³/mol. The highest BCUT2D eigenvalue weighted by molar-refractivity contribution is 5.80. The third-order valence-corrected chi connectivity index (χ3v) is 6.27. The zero-order valence-corrected chi connectivity index (χ0v) is 18.4. The van der Waals surface area contributed by atoms with E-state index in [4.69, 9.17) is 0 Å². The first kappa shape index (κ1) is 21.2. The largest absolute Gasteiger partial charge is 0.352 e. The van der Waals surface area contributed by atoms with Gasteiger partial charge in [-0.25, -0.2) is 9.07 Å². The van der Waals surface area contributed by atoms with Crippen molar-refractivity contribution in [3.8, 4) is 11.3 Å². The van der Waals surface area contributed by atoms with Crippen LogP contribution in [0.4, 0.5) is 10.2 Å². The molecule has 1 aliphatic carbocycles. The Morgan fingerprint density at radius 3 is 2.33 bits per heavy atom. The van der Waals surface area contributed by atoms with Crippen molar-refractivity contribution < 1.29 is 9.18 Å². The molecule has 1 aromatic carbocycles. The van der Waals surface area contributed by atoms with Gasteiger partial charge in [-0.15, -0.1) is 5.10 Å². The van der Waals surface area contributed by atoms with Crippen molar-refractivity contribution in [1.29, 1.82) is 0 Å². The summed E-state index contributed by atoms with van der Waals surface area (Å²) in [7, 11) is 0. The number of hydrogen-bond donors (Lipinski definition) is 0. The van der Waals surface area contributed by atoms with E-state index in [9.17, 15) is 14.0 Å². The van der Waals surface area contributed by atoms with Crippen LogP contribution in [0.5, 0.6) is 0 Å². The molecule has 1 aliphatic heterocycles. The van der Waals surface area contributed by atoms with Gasteiger partial charge in [0, 0.05) is 43.7 Å². The molecule has 9 heteroatoms. The quantitative estimate of drug-likeness (QED) is 0.597. The van der Waals surface area contributed by atoms with Gasteiger partial charge in [-0.3, -0.25) is 9.59 Å². The number of anilines is 1. The number of rotatable bonds is 5. The van der Waals surface area contributed by atoms with E-state index in [2.05, 4.69) is 20.2 Å². The minimum absolute atomic E-state index is 0.157. The molecule has 170 valence electrons. The molecule has 1 unspecified atom stereocenters. The standard InChI is InChI=1S/C24H25FN6O2/c1-16(31-23(32)11-9-21(28-31)18-4-6-19(25)7-5-18)24(33)30-14-12-29(13-15-30)22-10-8-20(26-27-22)17-2-3-17/h4-11,16-17H,2-3,12-15H2,1H3. The molecule has 0 N–H and O–H groups in total. The van der Waals surface area contributed by atoms with Crippen molar-refractivity contribution in [3.63, 3.8) is 0 Å². The van der Waals surface area contributed by atoms with Gasteiger partial charge in [-0.05, 0) is 62.2 Å². The monoisotopic (exact) mass is 448 g/mol. The normalized spacial score (nSPS) is 17.2. The second kappa shape index (κ2) is 8.73. The number of benzene rings is 1. The molecule has 5 rings (SSSR count). The molecule has 2 aromatic heterocycles. The van der Waals surface area contributed by atoms with Crippen LogP contribution in [-0.4, -0.2) is 57.0 Å². The Bertz CT molecular complexity index is 1200. The summed E-state index contributed by atoms with van der Waals surface area (Å²) < 4.78 is 14.4. The van der Waals surface area contributed by atoms with Gasteiger partial charge in [-0.1, -0.05) is 0 Å². The second-order valence-electron chi connectivity index (χ2n) is 8.59. The summed E-state index contributed by atoms with van der Waals surface area (Å²) >= 11 is 0. The Morgan fingerprint density at radius 2 is 1.70 bits per heavy atom. The Balaban J connectivity index is 1.25. The first-order chi connectivity index (χ1) is 16.0. The van der Waals surface area contributed by atoms with Crippen LogP contribution >= 0.6 is 0 Å². The number of piperazine rings is 1. The van der Waals surface area contributed by atoms with Gasteiger partial charge < -0.3 is 9.80 Å². The molecule has 2 fully saturated rings. The molecular formula is C24H25FN6O2. The maximum absolute atomic E-state index is 13.2. The second-order valence-corrected chi connectivity index (χ2v) is 8.59. The molecule has 33 heavy (non-hydrogen) atoms. The molecule has 0 radical (unpaired) electrons. The van der Waals surface area contributed by atoms with Crippen LogP contribution in [0.1, 0.15) is 37.4 Å². The Labute approximate surface area is 190 Å². The van der Waals surface area contributed by atoms with Gasteiger partial charge in [0.25, 0.3) is 5.56 Å². The minimum atomic E-state index is -0.748. The molecule has 0 spiro atoms. The lowest BCUT2D eigenvalue weighted by atomic mass is 10.1. The van der Waals surface area contributed by atoms with Crippen LogP contribution in [0.3, 0.4) is 0 Å². The highest BCUT2D eigenvalue weighted by Crippen LogP contribution is 2.38. The molecule has 3 aromatic rings. The Morgan fingerprint density at radius 1 is 0.970 bits per heavy atom. The third-order valence-electron chi connectivity index (χ3n) is 6.27. The summed E-state index contributed by atoms with van der Waals surface area (Å²) in [5.41, 5.74) is 1.88.